The van der Waals surface area contributed by atoms with Crippen LogP contribution in [0.15, 0.2) is 16.7 Å². The lowest BCUT2D eigenvalue weighted by molar-refractivity contribution is 0.326. The van der Waals surface area contributed by atoms with Crippen LogP contribution in [0.2, 0.25) is 0 Å². The molecule has 0 unspecified atom stereocenters. The highest BCUT2D eigenvalue weighted by Gasteiger charge is 2.07. The van der Waals surface area contributed by atoms with Crippen molar-refractivity contribution in [2.24, 2.45) is 5.73 Å². The number of nitrogen functional groups attached to an aromatic ring is 1. The Bertz CT molecular complexity index is 327. The fourth-order valence-corrected chi connectivity index (χ4v) is 1.20. The number of amidine groups is 1. The molecule has 1 aromatic rings. The molecular weight excluding hydrogens is 234 g/mol. The number of ether oxygens (including phenoxy) is 1. The summed E-state index contributed by atoms with van der Waals surface area (Å²) < 4.78 is 5.98. The Hall–Kier alpha value is -1.10. The highest BCUT2D eigenvalue weighted by atomic mass is 79.9. The molecule has 0 spiro atoms. The topological polar surface area (TPSA) is 72.0 Å². The van der Waals surface area contributed by atoms with Gasteiger partial charge < -0.3 is 10.5 Å². The fraction of sp³-hybridized carbons (Fsp3) is 0.250. The van der Waals surface area contributed by atoms with E-state index in [-0.39, 0.29) is 5.84 Å². The fourth-order valence-electron chi connectivity index (χ4n) is 0.871. The predicted molar refractivity (Wildman–Crippen MR) is 54.1 cm³/mol. The molecule has 0 aliphatic rings. The first-order valence-corrected chi connectivity index (χ1v) is 4.57. The monoisotopic (exact) mass is 243 g/mol. The van der Waals surface area contributed by atoms with Gasteiger partial charge in [0.15, 0.2) is 0 Å². The maximum Gasteiger partial charge on any atom is 0.224 e. The first kappa shape index (κ1) is 9.98. The molecule has 0 saturated heterocycles. The summed E-state index contributed by atoms with van der Waals surface area (Å²) in [4.78, 5) is 4.00. The third-order valence-electron chi connectivity index (χ3n) is 1.39. The normalized spacial score (nSPS) is 9.69. The van der Waals surface area contributed by atoms with E-state index < -0.39 is 0 Å². The van der Waals surface area contributed by atoms with E-state index in [9.17, 15) is 0 Å². The van der Waals surface area contributed by atoms with Crippen molar-refractivity contribution >= 4 is 21.8 Å². The van der Waals surface area contributed by atoms with Gasteiger partial charge in [-0.05, 0) is 28.9 Å². The lowest BCUT2D eigenvalue weighted by Gasteiger charge is -2.07. The van der Waals surface area contributed by atoms with Gasteiger partial charge in [0.25, 0.3) is 0 Å². The molecule has 0 aromatic carbocycles. The molecule has 13 heavy (non-hydrogen) atoms. The molecular formula is C8H10BrN3O. The summed E-state index contributed by atoms with van der Waals surface area (Å²) in [5, 5.41) is 7.29. The van der Waals surface area contributed by atoms with Gasteiger partial charge in [-0.1, -0.05) is 0 Å². The quantitative estimate of drug-likeness (QED) is 0.625. The van der Waals surface area contributed by atoms with Crippen LogP contribution in [0.5, 0.6) is 5.88 Å². The lowest BCUT2D eigenvalue weighted by atomic mass is 10.2. The van der Waals surface area contributed by atoms with Gasteiger partial charge in [0, 0.05) is 10.7 Å². The average Bonchev–Trinajstić information content (AvgIpc) is 2.08. The molecule has 0 saturated carbocycles. The van der Waals surface area contributed by atoms with Gasteiger partial charge >= 0.3 is 0 Å². The maximum atomic E-state index is 7.29. The largest absolute Gasteiger partial charge is 0.477 e. The Morgan fingerprint density at radius 1 is 1.77 bits per heavy atom. The molecule has 0 fully saturated rings. The minimum atomic E-state index is -0.0442. The van der Waals surface area contributed by atoms with E-state index in [1.165, 1.54) is 0 Å². The molecule has 3 N–H and O–H groups in total. The highest BCUT2D eigenvalue weighted by Crippen LogP contribution is 2.19. The van der Waals surface area contributed by atoms with E-state index in [0.717, 1.165) is 4.47 Å². The standard InChI is InChI=1S/C8H10BrN3O/c1-2-13-8-6(7(10)11)3-5(9)4-12-8/h3-4H,2H2,1H3,(H3,10,11). The summed E-state index contributed by atoms with van der Waals surface area (Å²) in [6, 6.07) is 1.71. The number of halogens is 1. The van der Waals surface area contributed by atoms with Crippen LogP contribution < -0.4 is 10.5 Å². The molecule has 0 atom stereocenters. The van der Waals surface area contributed by atoms with Gasteiger partial charge in [-0.2, -0.15) is 0 Å². The predicted octanol–water partition coefficient (Wildman–Crippen LogP) is 1.53. The van der Waals surface area contributed by atoms with E-state index >= 15 is 0 Å². The van der Waals surface area contributed by atoms with Gasteiger partial charge in [0.2, 0.25) is 5.88 Å². The lowest BCUT2D eigenvalue weighted by Crippen LogP contribution is -2.14. The maximum absolute atomic E-state index is 7.29. The number of nitrogens with zero attached hydrogens (tertiary/aromatic N) is 1. The van der Waals surface area contributed by atoms with Crippen LogP contribution in [0.25, 0.3) is 0 Å². The third kappa shape index (κ3) is 2.42. The Kier molecular flexibility index (Phi) is 3.25. The summed E-state index contributed by atoms with van der Waals surface area (Å²) in [5.41, 5.74) is 5.87. The number of hydrogen-bond acceptors (Lipinski definition) is 3. The van der Waals surface area contributed by atoms with Crippen LogP contribution in [0.1, 0.15) is 12.5 Å². The zero-order valence-electron chi connectivity index (χ0n) is 7.17. The molecule has 5 heteroatoms. The van der Waals surface area contributed by atoms with Crippen molar-refractivity contribution in [3.05, 3.63) is 22.3 Å². The molecule has 0 radical (unpaired) electrons. The summed E-state index contributed by atoms with van der Waals surface area (Å²) >= 11 is 3.25. The number of rotatable bonds is 3. The minimum absolute atomic E-state index is 0.0442. The van der Waals surface area contributed by atoms with Gasteiger partial charge in [-0.25, -0.2) is 4.98 Å². The van der Waals surface area contributed by atoms with Crippen LogP contribution in [0.4, 0.5) is 0 Å². The van der Waals surface area contributed by atoms with Crippen molar-refractivity contribution in [1.82, 2.24) is 4.98 Å². The number of nitrogens with one attached hydrogen (secondary N) is 1. The molecule has 1 aromatic heterocycles. The first-order valence-electron chi connectivity index (χ1n) is 3.78. The van der Waals surface area contributed by atoms with E-state index in [0.29, 0.717) is 18.1 Å². The SMILES string of the molecule is CCOc1ncc(Br)cc1C(=N)N. The summed E-state index contributed by atoms with van der Waals surface area (Å²) in [6.45, 7) is 2.36. The second kappa shape index (κ2) is 4.23. The zero-order valence-corrected chi connectivity index (χ0v) is 8.76. The Balaban J connectivity index is 3.10. The number of aromatic nitrogens is 1. The van der Waals surface area contributed by atoms with E-state index in [2.05, 4.69) is 20.9 Å². The first-order chi connectivity index (χ1) is 6.15. The van der Waals surface area contributed by atoms with Gasteiger partial charge in [0.05, 0.1) is 12.2 Å². The molecule has 1 heterocycles. The van der Waals surface area contributed by atoms with Crippen molar-refractivity contribution in [2.75, 3.05) is 6.61 Å². The van der Waals surface area contributed by atoms with Crippen LogP contribution in [0, 0.1) is 5.41 Å². The Morgan fingerprint density at radius 2 is 2.46 bits per heavy atom. The average molecular weight is 244 g/mol. The molecule has 1 rings (SSSR count). The minimum Gasteiger partial charge on any atom is -0.477 e. The molecule has 0 aliphatic carbocycles. The Morgan fingerprint density at radius 3 is 3.00 bits per heavy atom. The summed E-state index contributed by atoms with van der Waals surface area (Å²) in [5.74, 6) is 0.357. The second-order valence-corrected chi connectivity index (χ2v) is 3.27. The van der Waals surface area contributed by atoms with Crippen molar-refractivity contribution in [1.29, 1.82) is 5.41 Å². The van der Waals surface area contributed by atoms with E-state index in [4.69, 9.17) is 15.9 Å². The number of pyridine rings is 1. The van der Waals surface area contributed by atoms with Crippen LogP contribution in [-0.4, -0.2) is 17.4 Å². The van der Waals surface area contributed by atoms with Gasteiger partial charge in [-0.15, -0.1) is 0 Å². The molecule has 70 valence electrons. The van der Waals surface area contributed by atoms with Crippen molar-refractivity contribution in [3.8, 4) is 5.88 Å². The van der Waals surface area contributed by atoms with Crippen molar-refractivity contribution < 1.29 is 4.74 Å². The highest BCUT2D eigenvalue weighted by molar-refractivity contribution is 9.10. The van der Waals surface area contributed by atoms with Gasteiger partial charge in [0.1, 0.15) is 5.84 Å². The number of nitrogens with two attached hydrogens (primary N) is 1. The molecule has 0 bridgehead atoms. The van der Waals surface area contributed by atoms with E-state index in [1.807, 2.05) is 6.92 Å². The van der Waals surface area contributed by atoms with Gasteiger partial charge in [-0.3, -0.25) is 5.41 Å². The molecule has 0 aliphatic heterocycles. The zero-order chi connectivity index (χ0) is 9.84. The second-order valence-electron chi connectivity index (χ2n) is 2.35. The van der Waals surface area contributed by atoms with Crippen LogP contribution in [-0.2, 0) is 0 Å². The molecule has 0 amide bonds. The van der Waals surface area contributed by atoms with Crippen molar-refractivity contribution in [2.45, 2.75) is 6.92 Å². The smallest absolute Gasteiger partial charge is 0.224 e. The Labute approximate surface area is 84.8 Å². The van der Waals surface area contributed by atoms with E-state index in [1.54, 1.807) is 12.3 Å². The molecule has 4 nitrogen and oxygen atoms in total. The van der Waals surface area contributed by atoms with Crippen LogP contribution >= 0.6 is 15.9 Å². The number of hydrogen-bond donors (Lipinski definition) is 2. The summed E-state index contributed by atoms with van der Waals surface area (Å²) in [6.07, 6.45) is 1.61. The third-order valence-corrected chi connectivity index (χ3v) is 1.82. The summed E-state index contributed by atoms with van der Waals surface area (Å²) in [7, 11) is 0. The van der Waals surface area contributed by atoms with Crippen molar-refractivity contribution in [3.63, 3.8) is 0 Å². The van der Waals surface area contributed by atoms with Crippen LogP contribution in [0.3, 0.4) is 0 Å².